The average Bonchev–Trinajstić information content (AvgIpc) is 2.95. The lowest BCUT2D eigenvalue weighted by molar-refractivity contribution is 0.172. The third-order valence-corrected chi connectivity index (χ3v) is 4.63. The van der Waals surface area contributed by atoms with E-state index >= 15 is 0 Å². The number of anilines is 1. The molecule has 1 aromatic heterocycles. The van der Waals surface area contributed by atoms with Crippen LogP contribution in [-0.2, 0) is 0 Å². The van der Waals surface area contributed by atoms with Crippen LogP contribution >= 0.6 is 11.6 Å². The van der Waals surface area contributed by atoms with Crippen molar-refractivity contribution in [3.63, 3.8) is 0 Å². The van der Waals surface area contributed by atoms with Crippen molar-refractivity contribution in [2.75, 3.05) is 37.6 Å². The van der Waals surface area contributed by atoms with Gasteiger partial charge in [-0.2, -0.15) is 10.2 Å². The molecule has 0 spiro atoms. The number of rotatable bonds is 3. The minimum atomic E-state index is 0.0253. The molecule has 1 atom stereocenters. The lowest BCUT2D eigenvalue weighted by Crippen LogP contribution is -2.50. The van der Waals surface area contributed by atoms with Crippen LogP contribution in [0.5, 0.6) is 0 Å². The van der Waals surface area contributed by atoms with Crippen LogP contribution < -0.4 is 4.90 Å². The first-order chi connectivity index (χ1) is 11.1. The number of piperidine rings is 1. The van der Waals surface area contributed by atoms with Gasteiger partial charge in [0.05, 0.1) is 6.04 Å². The van der Waals surface area contributed by atoms with Crippen LogP contribution in [0.3, 0.4) is 0 Å². The second kappa shape index (κ2) is 6.54. The number of nitrogens with zero attached hydrogens (tertiary/aromatic N) is 7. The molecule has 0 saturated carbocycles. The van der Waals surface area contributed by atoms with Crippen LogP contribution in [0.2, 0.25) is 5.15 Å². The molecule has 9 heteroatoms. The summed E-state index contributed by atoms with van der Waals surface area (Å²) in [6.07, 6.45) is 1.92. The Labute approximate surface area is 139 Å². The fraction of sp³-hybridized carbons (Fsp3) is 0.643. The number of aromatic nitrogens is 3. The van der Waals surface area contributed by atoms with Gasteiger partial charge in [-0.15, -0.1) is 10.2 Å². The summed E-state index contributed by atoms with van der Waals surface area (Å²) >= 11 is 5.94. The van der Waals surface area contributed by atoms with Gasteiger partial charge in [-0.3, -0.25) is 0 Å². The van der Waals surface area contributed by atoms with Crippen LogP contribution in [0.25, 0.3) is 0 Å². The molecule has 2 saturated heterocycles. The molecule has 0 N–H and O–H groups in total. The number of halogens is 1. The van der Waals surface area contributed by atoms with Crippen LogP contribution in [0, 0.1) is 11.3 Å². The van der Waals surface area contributed by atoms with Crippen molar-refractivity contribution in [3.8, 4) is 6.07 Å². The summed E-state index contributed by atoms with van der Waals surface area (Å²) in [6.45, 7) is 5.73. The summed E-state index contributed by atoms with van der Waals surface area (Å²) < 4.78 is 0. The largest absolute Gasteiger partial charge is 0.337 e. The molecule has 0 aromatic carbocycles. The van der Waals surface area contributed by atoms with Gasteiger partial charge in [0.25, 0.3) is 0 Å². The molecule has 0 radical (unpaired) electrons. The molecular formula is C14H18ClN7O. The molecule has 3 rings (SSSR count). The fourth-order valence-electron chi connectivity index (χ4n) is 3.13. The van der Waals surface area contributed by atoms with E-state index in [2.05, 4.69) is 15.2 Å². The maximum atomic E-state index is 12.3. The van der Waals surface area contributed by atoms with E-state index in [9.17, 15) is 4.79 Å². The maximum absolute atomic E-state index is 12.3. The molecule has 0 aliphatic carbocycles. The highest BCUT2D eigenvalue weighted by atomic mass is 35.5. The van der Waals surface area contributed by atoms with Gasteiger partial charge in [0.2, 0.25) is 5.95 Å². The Bertz CT molecular complexity index is 647. The summed E-state index contributed by atoms with van der Waals surface area (Å²) in [5, 5.41) is 16.7. The van der Waals surface area contributed by atoms with Crippen molar-refractivity contribution in [1.82, 2.24) is 25.0 Å². The second-order valence-electron chi connectivity index (χ2n) is 5.66. The zero-order chi connectivity index (χ0) is 16.4. The van der Waals surface area contributed by atoms with Gasteiger partial charge >= 0.3 is 6.03 Å². The molecular weight excluding hydrogens is 318 g/mol. The third kappa shape index (κ3) is 3.01. The monoisotopic (exact) mass is 335 g/mol. The van der Waals surface area contributed by atoms with Gasteiger partial charge in [0.1, 0.15) is 6.07 Å². The topological polar surface area (TPSA) is 89.2 Å². The van der Waals surface area contributed by atoms with E-state index in [1.165, 1.54) is 0 Å². The van der Waals surface area contributed by atoms with E-state index in [-0.39, 0.29) is 22.9 Å². The number of carbonyl (C=O) groups is 1. The summed E-state index contributed by atoms with van der Waals surface area (Å²) in [5.74, 6) is 0.415. The molecule has 2 aliphatic heterocycles. The number of amides is 2. The maximum Gasteiger partial charge on any atom is 0.320 e. The molecule has 3 heterocycles. The summed E-state index contributed by atoms with van der Waals surface area (Å²) in [7, 11) is 0. The van der Waals surface area contributed by atoms with E-state index in [0.29, 0.717) is 12.5 Å². The molecule has 8 nitrogen and oxygen atoms in total. The average molecular weight is 336 g/mol. The number of carbonyl (C=O) groups excluding carboxylic acids is 1. The molecule has 1 unspecified atom stereocenters. The van der Waals surface area contributed by atoms with E-state index in [4.69, 9.17) is 16.9 Å². The highest BCUT2D eigenvalue weighted by Gasteiger charge is 2.35. The van der Waals surface area contributed by atoms with E-state index in [1.807, 2.05) is 27.7 Å². The summed E-state index contributed by atoms with van der Waals surface area (Å²) in [5.41, 5.74) is 0.0253. The van der Waals surface area contributed by atoms with Crippen molar-refractivity contribution in [2.45, 2.75) is 25.8 Å². The fourth-order valence-corrected chi connectivity index (χ4v) is 3.28. The number of hydrogen-bond donors (Lipinski definition) is 0. The van der Waals surface area contributed by atoms with Crippen molar-refractivity contribution in [2.24, 2.45) is 0 Å². The Hall–Kier alpha value is -2.14. The Morgan fingerprint density at radius 2 is 2.17 bits per heavy atom. The SMILES string of the molecule is CCN1CCN(C2CCCN(c3nnc(C#N)c(Cl)n3)C2)C1=O. The minimum Gasteiger partial charge on any atom is -0.337 e. The van der Waals surface area contributed by atoms with Gasteiger partial charge < -0.3 is 14.7 Å². The predicted molar refractivity (Wildman–Crippen MR) is 84.1 cm³/mol. The Morgan fingerprint density at radius 1 is 1.35 bits per heavy atom. The van der Waals surface area contributed by atoms with E-state index in [0.717, 1.165) is 39.0 Å². The van der Waals surface area contributed by atoms with Crippen LogP contribution in [0.15, 0.2) is 0 Å². The van der Waals surface area contributed by atoms with Crippen LogP contribution in [-0.4, -0.2) is 69.8 Å². The van der Waals surface area contributed by atoms with Crippen molar-refractivity contribution >= 4 is 23.6 Å². The Morgan fingerprint density at radius 3 is 2.83 bits per heavy atom. The molecule has 2 fully saturated rings. The highest BCUT2D eigenvalue weighted by Crippen LogP contribution is 2.23. The first kappa shape index (κ1) is 15.7. The molecule has 2 amide bonds. The van der Waals surface area contributed by atoms with E-state index < -0.39 is 0 Å². The Kier molecular flexibility index (Phi) is 4.48. The quantitative estimate of drug-likeness (QED) is 0.822. The van der Waals surface area contributed by atoms with Crippen molar-refractivity contribution < 1.29 is 4.79 Å². The van der Waals surface area contributed by atoms with Crippen molar-refractivity contribution in [3.05, 3.63) is 10.8 Å². The number of likely N-dealkylation sites (N-methyl/N-ethyl adjacent to an activating group) is 1. The Balaban J connectivity index is 1.73. The van der Waals surface area contributed by atoms with Crippen molar-refractivity contribution in [1.29, 1.82) is 5.26 Å². The zero-order valence-corrected chi connectivity index (χ0v) is 13.7. The first-order valence-corrected chi connectivity index (χ1v) is 8.12. The standard InChI is InChI=1S/C14H18ClN7O/c1-2-20-6-7-22(14(20)23)10-4-3-5-21(9-10)13-17-12(15)11(8-16)18-19-13/h10H,2-7,9H2,1H3. The number of hydrogen-bond acceptors (Lipinski definition) is 6. The predicted octanol–water partition coefficient (Wildman–Crippen LogP) is 1.12. The third-order valence-electron chi connectivity index (χ3n) is 4.37. The normalized spacial score (nSPS) is 21.7. The zero-order valence-electron chi connectivity index (χ0n) is 12.9. The lowest BCUT2D eigenvalue weighted by Gasteiger charge is -2.37. The molecule has 2 aliphatic rings. The van der Waals surface area contributed by atoms with Gasteiger partial charge in [0.15, 0.2) is 10.8 Å². The highest BCUT2D eigenvalue weighted by molar-refractivity contribution is 6.30. The lowest BCUT2D eigenvalue weighted by atomic mass is 10.0. The summed E-state index contributed by atoms with van der Waals surface area (Å²) in [4.78, 5) is 22.3. The molecule has 23 heavy (non-hydrogen) atoms. The van der Waals surface area contributed by atoms with E-state index in [1.54, 1.807) is 0 Å². The van der Waals surface area contributed by atoms with Gasteiger partial charge in [-0.25, -0.2) is 4.79 Å². The van der Waals surface area contributed by atoms with Crippen LogP contribution in [0.4, 0.5) is 10.7 Å². The van der Waals surface area contributed by atoms with Gasteiger partial charge in [0, 0.05) is 32.7 Å². The molecule has 0 bridgehead atoms. The van der Waals surface area contributed by atoms with Gasteiger partial charge in [-0.1, -0.05) is 11.6 Å². The molecule has 122 valence electrons. The number of nitriles is 1. The van der Waals surface area contributed by atoms with Gasteiger partial charge in [-0.05, 0) is 19.8 Å². The smallest absolute Gasteiger partial charge is 0.320 e. The molecule has 1 aromatic rings. The second-order valence-corrected chi connectivity index (χ2v) is 6.02. The minimum absolute atomic E-state index is 0.0253. The first-order valence-electron chi connectivity index (χ1n) is 7.74. The van der Waals surface area contributed by atoms with Crippen LogP contribution in [0.1, 0.15) is 25.5 Å². The number of urea groups is 1. The summed E-state index contributed by atoms with van der Waals surface area (Å²) in [6, 6.07) is 2.10.